The third-order valence-electron chi connectivity index (χ3n) is 1.16. The van der Waals surface area contributed by atoms with E-state index in [0.717, 1.165) is 12.0 Å². The van der Waals surface area contributed by atoms with Gasteiger partial charge < -0.3 is 0 Å². The predicted molar refractivity (Wildman–Crippen MR) is 42.4 cm³/mol. The van der Waals surface area contributed by atoms with Crippen molar-refractivity contribution >= 4 is 0 Å². The minimum absolute atomic E-state index is 1.08. The molecule has 0 fully saturated rings. The Morgan fingerprint density at radius 2 is 2.33 bits per heavy atom. The highest BCUT2D eigenvalue weighted by Crippen LogP contribution is 2.04. The van der Waals surface area contributed by atoms with Crippen LogP contribution in [0, 0.1) is 0 Å². The first-order chi connectivity index (χ1) is 4.31. The zero-order valence-electron chi connectivity index (χ0n) is 6.11. The Kier molecular flexibility index (Phi) is 4.95. The summed E-state index contributed by atoms with van der Waals surface area (Å²) in [6.45, 7) is 9.46. The lowest BCUT2D eigenvalue weighted by Gasteiger charge is -1.93. The van der Waals surface area contributed by atoms with Gasteiger partial charge in [-0.15, -0.1) is 5.73 Å². The molecule has 0 saturated heterocycles. The van der Waals surface area contributed by atoms with Crippen LogP contribution in [0.2, 0.25) is 0 Å². The van der Waals surface area contributed by atoms with Gasteiger partial charge in [0.1, 0.15) is 0 Å². The molecular formula is C9H14. The zero-order chi connectivity index (χ0) is 7.11. The summed E-state index contributed by atoms with van der Waals surface area (Å²) in [7, 11) is 0. The van der Waals surface area contributed by atoms with Crippen LogP contribution < -0.4 is 0 Å². The quantitative estimate of drug-likeness (QED) is 0.397. The van der Waals surface area contributed by atoms with Gasteiger partial charge >= 0.3 is 0 Å². The normalized spacial score (nSPS) is 8.11. The monoisotopic (exact) mass is 122 g/mol. The lowest BCUT2D eigenvalue weighted by atomic mass is 10.1. The van der Waals surface area contributed by atoms with Crippen LogP contribution >= 0.6 is 0 Å². The Labute approximate surface area is 57.6 Å². The minimum atomic E-state index is 1.08. The van der Waals surface area contributed by atoms with Crippen LogP contribution in [0.3, 0.4) is 0 Å². The molecule has 0 aliphatic carbocycles. The van der Waals surface area contributed by atoms with Crippen molar-refractivity contribution in [3.05, 3.63) is 30.5 Å². The summed E-state index contributed by atoms with van der Waals surface area (Å²) in [5, 5.41) is 0. The van der Waals surface area contributed by atoms with Crippen molar-refractivity contribution in [3.63, 3.8) is 0 Å². The van der Waals surface area contributed by atoms with E-state index < -0.39 is 0 Å². The van der Waals surface area contributed by atoms with Gasteiger partial charge in [0, 0.05) is 0 Å². The van der Waals surface area contributed by atoms with Crippen molar-refractivity contribution in [1.82, 2.24) is 0 Å². The average molecular weight is 122 g/mol. The molecule has 0 aromatic rings. The molecule has 0 aliphatic rings. The highest BCUT2D eigenvalue weighted by Gasteiger charge is 1.85. The van der Waals surface area contributed by atoms with Gasteiger partial charge in [-0.2, -0.15) is 0 Å². The zero-order valence-corrected chi connectivity index (χ0v) is 6.11. The summed E-state index contributed by atoms with van der Waals surface area (Å²) in [4.78, 5) is 0. The van der Waals surface area contributed by atoms with Crippen LogP contribution in [-0.2, 0) is 0 Å². The van der Waals surface area contributed by atoms with Crippen molar-refractivity contribution in [1.29, 1.82) is 0 Å². The van der Waals surface area contributed by atoms with Crippen LogP contribution in [0.25, 0.3) is 0 Å². The molecule has 0 spiro atoms. The Hall–Kier alpha value is -0.740. The summed E-state index contributed by atoms with van der Waals surface area (Å²) in [5.41, 5.74) is 3.83. The van der Waals surface area contributed by atoms with Crippen molar-refractivity contribution in [2.75, 3.05) is 0 Å². The van der Waals surface area contributed by atoms with Crippen LogP contribution in [0.5, 0.6) is 0 Å². The molecule has 9 heavy (non-hydrogen) atoms. The maximum Gasteiger partial charge on any atom is -0.0180 e. The molecule has 0 radical (unpaired) electrons. The summed E-state index contributed by atoms with van der Waals surface area (Å²) in [5.74, 6) is 0. The third-order valence-corrected chi connectivity index (χ3v) is 1.16. The van der Waals surface area contributed by atoms with Crippen LogP contribution in [-0.4, -0.2) is 0 Å². The molecule has 0 bridgehead atoms. The van der Waals surface area contributed by atoms with Crippen molar-refractivity contribution in [2.24, 2.45) is 0 Å². The maximum atomic E-state index is 3.82. The molecule has 0 aromatic carbocycles. The molecular weight excluding hydrogens is 108 g/mol. The number of unbranched alkanes of at least 4 members (excludes halogenated alkanes) is 1. The molecule has 0 N–H and O–H groups in total. The van der Waals surface area contributed by atoms with Crippen molar-refractivity contribution < 1.29 is 0 Å². The van der Waals surface area contributed by atoms with Crippen LogP contribution in [0.15, 0.2) is 30.5 Å². The average Bonchev–Trinajstić information content (AvgIpc) is 1.85. The highest BCUT2D eigenvalue weighted by atomic mass is 13.9. The summed E-state index contributed by atoms with van der Waals surface area (Å²) in [6.07, 6.45) is 5.37. The standard InChI is InChI=1S/C9H14/c1-4-6-8-9(3)7-5-2/h7H,2-4,6,8H2,1H3. The van der Waals surface area contributed by atoms with E-state index in [1.807, 2.05) is 6.08 Å². The van der Waals surface area contributed by atoms with Gasteiger partial charge in [0.25, 0.3) is 0 Å². The van der Waals surface area contributed by atoms with E-state index >= 15 is 0 Å². The molecule has 0 nitrogen and oxygen atoms in total. The molecule has 0 saturated carbocycles. The molecule has 0 rings (SSSR count). The van der Waals surface area contributed by atoms with Gasteiger partial charge in [-0.05, 0) is 24.5 Å². The fourth-order valence-corrected chi connectivity index (χ4v) is 0.620. The van der Waals surface area contributed by atoms with E-state index in [2.05, 4.69) is 25.8 Å². The second kappa shape index (κ2) is 5.40. The van der Waals surface area contributed by atoms with E-state index in [-0.39, 0.29) is 0 Å². The van der Waals surface area contributed by atoms with E-state index in [4.69, 9.17) is 0 Å². The van der Waals surface area contributed by atoms with Crippen molar-refractivity contribution in [2.45, 2.75) is 26.2 Å². The maximum absolute atomic E-state index is 3.82. The van der Waals surface area contributed by atoms with Gasteiger partial charge in [-0.25, -0.2) is 0 Å². The Balaban J connectivity index is 3.39. The Morgan fingerprint density at radius 1 is 1.67 bits per heavy atom. The minimum Gasteiger partial charge on any atom is -0.128 e. The second-order valence-electron chi connectivity index (χ2n) is 2.11. The fourth-order valence-electron chi connectivity index (χ4n) is 0.620. The largest absolute Gasteiger partial charge is 0.128 e. The fraction of sp³-hybridized carbons (Fsp3) is 0.444. The van der Waals surface area contributed by atoms with Gasteiger partial charge in [0.15, 0.2) is 0 Å². The highest BCUT2D eigenvalue weighted by molar-refractivity contribution is 5.12. The third kappa shape index (κ3) is 5.13. The smallest absolute Gasteiger partial charge is 0.0180 e. The first-order valence-corrected chi connectivity index (χ1v) is 3.35. The molecule has 0 unspecified atom stereocenters. The second-order valence-corrected chi connectivity index (χ2v) is 2.11. The number of allylic oxidation sites excluding steroid dienone is 2. The predicted octanol–water partition coefficient (Wildman–Crippen LogP) is 3.07. The van der Waals surface area contributed by atoms with Gasteiger partial charge in [0.2, 0.25) is 0 Å². The summed E-state index contributed by atoms with van der Waals surface area (Å²) in [6, 6.07) is 0. The van der Waals surface area contributed by atoms with E-state index in [1.54, 1.807) is 0 Å². The van der Waals surface area contributed by atoms with Crippen LogP contribution in [0.1, 0.15) is 26.2 Å². The molecule has 50 valence electrons. The van der Waals surface area contributed by atoms with Crippen LogP contribution in [0.4, 0.5) is 0 Å². The molecule has 0 aliphatic heterocycles. The Morgan fingerprint density at radius 3 is 2.78 bits per heavy atom. The van der Waals surface area contributed by atoms with Gasteiger partial charge in [-0.1, -0.05) is 26.5 Å². The molecule has 0 heterocycles. The van der Waals surface area contributed by atoms with Crippen molar-refractivity contribution in [3.8, 4) is 0 Å². The SMILES string of the molecule is C=C=CC(=C)CCCC. The molecule has 0 aromatic heterocycles. The molecule has 0 heteroatoms. The lowest BCUT2D eigenvalue weighted by Crippen LogP contribution is -1.74. The first kappa shape index (κ1) is 8.26. The van der Waals surface area contributed by atoms with E-state index in [1.165, 1.54) is 12.8 Å². The number of hydrogen-bond acceptors (Lipinski definition) is 0. The number of rotatable bonds is 4. The topological polar surface area (TPSA) is 0 Å². The van der Waals surface area contributed by atoms with E-state index in [9.17, 15) is 0 Å². The molecule has 0 amide bonds. The molecule has 0 atom stereocenters. The summed E-state index contributed by atoms with van der Waals surface area (Å²) < 4.78 is 0. The Bertz CT molecular complexity index is 125. The van der Waals surface area contributed by atoms with E-state index in [0.29, 0.717) is 0 Å². The first-order valence-electron chi connectivity index (χ1n) is 3.35. The van der Waals surface area contributed by atoms with Gasteiger partial charge in [0.05, 0.1) is 0 Å². The van der Waals surface area contributed by atoms with Gasteiger partial charge in [-0.3, -0.25) is 0 Å². The summed E-state index contributed by atoms with van der Waals surface area (Å²) >= 11 is 0. The lowest BCUT2D eigenvalue weighted by molar-refractivity contribution is 0.799. The number of hydrogen-bond donors (Lipinski definition) is 0.